The van der Waals surface area contributed by atoms with Crippen LogP contribution in [0.4, 0.5) is 0 Å². The van der Waals surface area contributed by atoms with Gasteiger partial charge in [0.1, 0.15) is 0 Å². The topological polar surface area (TPSA) is 26.3 Å². The Balaban J connectivity index is 2.89. The summed E-state index contributed by atoms with van der Waals surface area (Å²) in [4.78, 5) is 11.8. The van der Waals surface area contributed by atoms with E-state index in [1.165, 1.54) is 5.19 Å². The smallest absolute Gasteiger partial charge is 0.306 e. The molecule has 0 spiro atoms. The van der Waals surface area contributed by atoms with Crippen molar-refractivity contribution < 1.29 is 9.53 Å². The molecule has 2 nitrogen and oxygen atoms in total. The Morgan fingerprint density at radius 1 is 1.31 bits per heavy atom. The summed E-state index contributed by atoms with van der Waals surface area (Å²) in [5.41, 5.74) is -0.00477. The molecule has 3 heteroatoms. The maximum absolute atomic E-state index is 11.8. The third kappa shape index (κ3) is 2.73. The molecular weight excluding hydrogens is 216 g/mol. The third-order valence-electron chi connectivity index (χ3n) is 3.24. The summed E-state index contributed by atoms with van der Waals surface area (Å²) in [6.07, 6.45) is 0. The zero-order valence-electron chi connectivity index (χ0n) is 10.5. The van der Waals surface area contributed by atoms with Gasteiger partial charge in [-0.2, -0.15) is 0 Å². The van der Waals surface area contributed by atoms with E-state index in [1.54, 1.807) is 0 Å². The maximum Gasteiger partial charge on any atom is 0.306 e. The Bertz CT molecular complexity index is 346. The number of hydrogen-bond acceptors (Lipinski definition) is 2. The fourth-order valence-corrected chi connectivity index (χ4v) is 3.90. The highest BCUT2D eigenvalue weighted by molar-refractivity contribution is 6.93. The van der Waals surface area contributed by atoms with Gasteiger partial charge >= 0.3 is 5.97 Å². The van der Waals surface area contributed by atoms with Gasteiger partial charge in [-0.1, -0.05) is 55.5 Å². The first kappa shape index (κ1) is 13.0. The summed E-state index contributed by atoms with van der Waals surface area (Å²) >= 11 is 0. The van der Waals surface area contributed by atoms with Gasteiger partial charge in [0.25, 0.3) is 0 Å². The molecule has 0 aliphatic heterocycles. The highest BCUT2D eigenvalue weighted by atomic mass is 28.3. The van der Waals surface area contributed by atoms with Gasteiger partial charge in [-0.25, -0.2) is 0 Å². The summed E-state index contributed by atoms with van der Waals surface area (Å²) in [7, 11) is -1.76. The fraction of sp³-hybridized carbons (Fsp3) is 0.462. The van der Waals surface area contributed by atoms with Crippen LogP contribution in [0.2, 0.25) is 18.6 Å². The molecule has 16 heavy (non-hydrogen) atoms. The van der Waals surface area contributed by atoms with Crippen LogP contribution in [0.3, 0.4) is 0 Å². The Morgan fingerprint density at radius 3 is 2.38 bits per heavy atom. The number of rotatable bonds is 4. The SMILES string of the molecule is CCOC(=O)[C@H](C)[Si](C)(C)c1ccccc1. The molecule has 0 unspecified atom stereocenters. The first-order chi connectivity index (χ1) is 7.50. The molecule has 1 rings (SSSR count). The van der Waals surface area contributed by atoms with E-state index < -0.39 is 8.07 Å². The monoisotopic (exact) mass is 236 g/mol. The van der Waals surface area contributed by atoms with Gasteiger partial charge in [0.15, 0.2) is 0 Å². The highest BCUT2D eigenvalue weighted by Crippen LogP contribution is 2.22. The zero-order valence-corrected chi connectivity index (χ0v) is 11.5. The van der Waals surface area contributed by atoms with Crippen LogP contribution in [0.5, 0.6) is 0 Å². The van der Waals surface area contributed by atoms with Crippen molar-refractivity contribution in [1.82, 2.24) is 0 Å². The first-order valence-corrected chi connectivity index (χ1v) is 8.80. The largest absolute Gasteiger partial charge is 0.466 e. The molecule has 0 fully saturated rings. The van der Waals surface area contributed by atoms with Crippen LogP contribution >= 0.6 is 0 Å². The molecular formula is C13H20O2Si. The van der Waals surface area contributed by atoms with Crippen LogP contribution in [0.15, 0.2) is 30.3 Å². The van der Waals surface area contributed by atoms with Crippen molar-refractivity contribution in [1.29, 1.82) is 0 Å². The molecule has 0 amide bonds. The van der Waals surface area contributed by atoms with Crippen LogP contribution in [0, 0.1) is 0 Å². The minimum atomic E-state index is -1.76. The van der Waals surface area contributed by atoms with E-state index in [1.807, 2.05) is 32.0 Å². The number of benzene rings is 1. The Hall–Kier alpha value is -1.09. The van der Waals surface area contributed by atoms with E-state index >= 15 is 0 Å². The molecule has 0 heterocycles. The minimum absolute atomic E-state index is 0.00477. The lowest BCUT2D eigenvalue weighted by Gasteiger charge is -2.28. The average Bonchev–Trinajstić information content (AvgIpc) is 2.29. The lowest BCUT2D eigenvalue weighted by atomic mass is 10.4. The van der Waals surface area contributed by atoms with Gasteiger partial charge in [-0.15, -0.1) is 0 Å². The van der Waals surface area contributed by atoms with Crippen molar-refractivity contribution in [3.8, 4) is 0 Å². The normalized spacial score (nSPS) is 13.2. The molecule has 0 aliphatic carbocycles. The molecule has 0 aromatic heterocycles. The molecule has 0 saturated heterocycles. The predicted octanol–water partition coefficient (Wildman–Crippen LogP) is 2.56. The molecule has 0 N–H and O–H groups in total. The van der Waals surface area contributed by atoms with Crippen molar-refractivity contribution in [2.45, 2.75) is 32.5 Å². The molecule has 0 radical (unpaired) electrons. The molecule has 1 aromatic rings. The molecule has 1 atom stereocenters. The summed E-state index contributed by atoms with van der Waals surface area (Å²) in [6, 6.07) is 10.3. The number of carbonyl (C=O) groups is 1. The fourth-order valence-electron chi connectivity index (χ4n) is 1.68. The predicted molar refractivity (Wildman–Crippen MR) is 69.6 cm³/mol. The number of hydrogen-bond donors (Lipinski definition) is 0. The summed E-state index contributed by atoms with van der Waals surface area (Å²) in [5, 5.41) is 1.30. The van der Waals surface area contributed by atoms with E-state index in [0.717, 1.165) is 0 Å². The molecule has 0 saturated carbocycles. The lowest BCUT2D eigenvalue weighted by molar-refractivity contribution is -0.142. The molecule has 0 aliphatic rings. The van der Waals surface area contributed by atoms with Crippen LogP contribution in [0.1, 0.15) is 13.8 Å². The van der Waals surface area contributed by atoms with Gasteiger partial charge in [-0.3, -0.25) is 4.79 Å². The molecule has 0 bridgehead atoms. The van der Waals surface area contributed by atoms with Gasteiger partial charge in [0.05, 0.1) is 20.2 Å². The molecule has 1 aromatic carbocycles. The van der Waals surface area contributed by atoms with Gasteiger partial charge in [0, 0.05) is 0 Å². The summed E-state index contributed by atoms with van der Waals surface area (Å²) in [5.74, 6) is -0.0666. The van der Waals surface area contributed by atoms with E-state index in [0.29, 0.717) is 6.61 Å². The lowest BCUT2D eigenvalue weighted by Crippen LogP contribution is -2.48. The first-order valence-electron chi connectivity index (χ1n) is 5.72. The second-order valence-corrected chi connectivity index (χ2v) is 9.45. The standard InChI is InChI=1S/C13H20O2Si/c1-5-15-13(14)11(2)16(3,4)12-9-7-6-8-10-12/h6-11H,5H2,1-4H3/t11-/m0/s1. The van der Waals surface area contributed by atoms with Gasteiger partial charge in [0.2, 0.25) is 0 Å². The van der Waals surface area contributed by atoms with E-state index in [9.17, 15) is 4.79 Å². The van der Waals surface area contributed by atoms with E-state index in [2.05, 4.69) is 25.2 Å². The second kappa shape index (κ2) is 5.30. The average molecular weight is 236 g/mol. The quantitative estimate of drug-likeness (QED) is 0.593. The van der Waals surface area contributed by atoms with Crippen molar-refractivity contribution in [3.63, 3.8) is 0 Å². The van der Waals surface area contributed by atoms with Crippen molar-refractivity contribution in [3.05, 3.63) is 30.3 Å². The van der Waals surface area contributed by atoms with Crippen LogP contribution in [-0.4, -0.2) is 20.7 Å². The highest BCUT2D eigenvalue weighted by Gasteiger charge is 2.35. The third-order valence-corrected chi connectivity index (χ3v) is 7.46. The number of carbonyl (C=O) groups excluding carboxylic acids is 1. The number of esters is 1. The molecule has 88 valence electrons. The van der Waals surface area contributed by atoms with Crippen LogP contribution < -0.4 is 5.19 Å². The number of ether oxygens (including phenoxy) is 1. The zero-order chi connectivity index (χ0) is 12.2. The van der Waals surface area contributed by atoms with Crippen molar-refractivity contribution in [2.24, 2.45) is 0 Å². The second-order valence-electron chi connectivity index (χ2n) is 4.56. The minimum Gasteiger partial charge on any atom is -0.466 e. The Kier molecular flexibility index (Phi) is 4.30. The van der Waals surface area contributed by atoms with Crippen molar-refractivity contribution in [2.75, 3.05) is 6.61 Å². The van der Waals surface area contributed by atoms with Gasteiger partial charge < -0.3 is 4.74 Å². The van der Waals surface area contributed by atoms with Crippen LogP contribution in [0.25, 0.3) is 0 Å². The maximum atomic E-state index is 11.8. The summed E-state index contributed by atoms with van der Waals surface area (Å²) < 4.78 is 5.11. The summed E-state index contributed by atoms with van der Waals surface area (Å²) in [6.45, 7) is 8.72. The van der Waals surface area contributed by atoms with E-state index in [-0.39, 0.29) is 11.5 Å². The van der Waals surface area contributed by atoms with Crippen LogP contribution in [-0.2, 0) is 9.53 Å². The van der Waals surface area contributed by atoms with E-state index in [4.69, 9.17) is 4.74 Å². The Morgan fingerprint density at radius 2 is 1.88 bits per heavy atom. The van der Waals surface area contributed by atoms with Crippen molar-refractivity contribution >= 4 is 19.2 Å². The Labute approximate surface area is 98.6 Å². The van der Waals surface area contributed by atoms with Gasteiger partial charge in [-0.05, 0) is 6.92 Å².